The minimum atomic E-state index is -1.24. The summed E-state index contributed by atoms with van der Waals surface area (Å²) in [6, 6.07) is 30.7. The summed E-state index contributed by atoms with van der Waals surface area (Å²) in [4.78, 5) is 40.6. The number of nitrogens with two attached hydrogens (primary N) is 1. The Labute approximate surface area is 439 Å². The molecule has 0 spiro atoms. The molecule has 5 rings (SSSR count). The van der Waals surface area contributed by atoms with Crippen molar-refractivity contribution in [3.8, 4) is 11.5 Å². The first-order valence-electron chi connectivity index (χ1n) is 24.5. The van der Waals surface area contributed by atoms with E-state index in [-0.39, 0.29) is 18.3 Å². The van der Waals surface area contributed by atoms with Crippen molar-refractivity contribution < 1.29 is 33.5 Å². The van der Waals surface area contributed by atoms with Crippen molar-refractivity contribution in [3.05, 3.63) is 119 Å². The largest absolute Gasteiger partial charge is 0.494 e. The van der Waals surface area contributed by atoms with Gasteiger partial charge in [0.05, 0.1) is 77.8 Å². The van der Waals surface area contributed by atoms with Crippen LogP contribution < -0.4 is 20.1 Å². The lowest BCUT2D eigenvalue weighted by atomic mass is 9.39. The molecule has 0 radical (unpaired) electrons. The summed E-state index contributed by atoms with van der Waals surface area (Å²) in [6.07, 6.45) is 0. The molecule has 0 aliphatic heterocycles. The highest BCUT2D eigenvalue weighted by atomic mass is 16.6. The number of nitro groups is 1. The Hall–Kier alpha value is -7.80. The molecular weight excluding hydrogens is 955 g/mol. The SMILES string of the molecule is CCN(CCOC(=O)C(C)(C(C)(C)N)C(C)(C)C(C)(C)C(C)(C(=O)OC)C(C)(C)C)c1ccc(/N=N/c2cc(OC)c(/N=N/c3ccc(/N=N/c4ccc(/N=N/c5ccc([N+](=O)[O-])cc5)cc4)cc3)cc2OC)cc1. The van der Waals surface area contributed by atoms with Gasteiger partial charge in [0.15, 0.2) is 0 Å². The van der Waals surface area contributed by atoms with Crippen LogP contribution in [0.4, 0.5) is 56.9 Å². The van der Waals surface area contributed by atoms with Crippen molar-refractivity contribution in [2.75, 3.05) is 45.9 Å². The predicted octanol–water partition coefficient (Wildman–Crippen LogP) is 15.7. The molecule has 398 valence electrons. The van der Waals surface area contributed by atoms with Crippen LogP contribution in [0.5, 0.6) is 11.5 Å². The Bertz CT molecular complexity index is 2910. The van der Waals surface area contributed by atoms with E-state index in [0.29, 0.717) is 70.1 Å². The summed E-state index contributed by atoms with van der Waals surface area (Å²) in [6.45, 7) is 24.7. The zero-order chi connectivity index (χ0) is 55.6. The Morgan fingerprint density at radius 2 is 0.893 bits per heavy atom. The molecule has 0 aromatic heterocycles. The first kappa shape index (κ1) is 58.1. The van der Waals surface area contributed by atoms with E-state index in [2.05, 4.69) is 45.8 Å². The molecule has 2 unspecified atom stereocenters. The van der Waals surface area contributed by atoms with Gasteiger partial charge in [-0.25, -0.2) is 0 Å². The number of azo groups is 4. The Morgan fingerprint density at radius 1 is 0.547 bits per heavy atom. The van der Waals surface area contributed by atoms with E-state index in [9.17, 15) is 19.7 Å². The van der Waals surface area contributed by atoms with Gasteiger partial charge in [-0.05, 0) is 136 Å². The zero-order valence-electron chi connectivity index (χ0n) is 45.8. The number of non-ortho nitro benzene ring substituents is 1. The van der Waals surface area contributed by atoms with Crippen molar-refractivity contribution in [2.24, 2.45) is 73.7 Å². The minimum Gasteiger partial charge on any atom is -0.494 e. The Kier molecular flexibility index (Phi) is 18.3. The number of anilines is 1. The van der Waals surface area contributed by atoms with Gasteiger partial charge in [-0.15, -0.1) is 10.2 Å². The number of carbonyl (C=O) groups is 2. The third-order valence-corrected chi connectivity index (χ3v) is 15.4. The number of benzene rings is 5. The third-order valence-electron chi connectivity index (χ3n) is 15.4. The zero-order valence-corrected chi connectivity index (χ0v) is 45.8. The summed E-state index contributed by atoms with van der Waals surface area (Å²) >= 11 is 0. The van der Waals surface area contributed by atoms with Crippen molar-refractivity contribution in [1.82, 2.24) is 0 Å². The molecule has 0 saturated carbocycles. The van der Waals surface area contributed by atoms with Crippen LogP contribution in [0, 0.1) is 37.2 Å². The first-order valence-corrected chi connectivity index (χ1v) is 24.5. The van der Waals surface area contributed by atoms with Crippen molar-refractivity contribution in [1.29, 1.82) is 0 Å². The summed E-state index contributed by atoms with van der Waals surface area (Å²) in [7, 11) is 4.45. The molecule has 19 heteroatoms. The Balaban J connectivity index is 1.21. The average molecular weight is 1030 g/mol. The van der Waals surface area contributed by atoms with Gasteiger partial charge in [0, 0.05) is 42.0 Å². The molecule has 0 saturated heterocycles. The number of rotatable bonds is 22. The van der Waals surface area contributed by atoms with Crippen LogP contribution in [0.3, 0.4) is 0 Å². The summed E-state index contributed by atoms with van der Waals surface area (Å²) in [5.74, 6) is 0.0135. The van der Waals surface area contributed by atoms with Gasteiger partial charge >= 0.3 is 11.9 Å². The van der Waals surface area contributed by atoms with E-state index in [0.717, 1.165) is 5.69 Å². The standard InChI is InChI=1S/C56H71N11O8/c1-16-66(33-34-75-50(69)56(12,54(9,10)57)53(7,8)52(5,6)55(11,49(68)74-15)51(2,3)4)43-29-25-42(26-30-43)63-65-46-36-47(72-13)45(35-48(46)73-14)64-62-40-23-21-39(22-24-40)59-58-37-17-19-38(20-18-37)60-61-41-27-31-44(32-28-41)67(70)71/h17-32,35-36H,16,33-34,57H2,1-15H3/b59-58+,61-60+,64-62+,65-63+. The molecule has 19 nitrogen and oxygen atoms in total. The van der Waals surface area contributed by atoms with Crippen LogP contribution in [0.2, 0.25) is 0 Å². The number of nitro benzene ring substituents is 1. The van der Waals surface area contributed by atoms with Gasteiger partial charge in [-0.2, -0.15) is 30.7 Å². The first-order chi connectivity index (χ1) is 35.2. The number of nitrogens with zero attached hydrogens (tertiary/aromatic N) is 10. The molecule has 2 atom stereocenters. The second kappa shape index (κ2) is 23.6. The lowest BCUT2D eigenvalue weighted by molar-refractivity contribution is -0.384. The van der Waals surface area contributed by atoms with Gasteiger partial charge in [0.25, 0.3) is 5.69 Å². The highest BCUT2D eigenvalue weighted by Gasteiger charge is 2.69. The number of ether oxygens (including phenoxy) is 4. The maximum atomic E-state index is 14.5. The lowest BCUT2D eigenvalue weighted by Crippen LogP contribution is -2.69. The molecule has 0 amide bonds. The maximum absolute atomic E-state index is 14.5. The van der Waals surface area contributed by atoms with E-state index >= 15 is 0 Å². The number of methoxy groups -OCH3 is 3. The van der Waals surface area contributed by atoms with Gasteiger partial charge in [-0.3, -0.25) is 19.7 Å². The van der Waals surface area contributed by atoms with Crippen molar-refractivity contribution in [2.45, 2.75) is 88.6 Å². The van der Waals surface area contributed by atoms with E-state index in [1.807, 2.05) is 107 Å². The monoisotopic (exact) mass is 1030 g/mol. The van der Waals surface area contributed by atoms with Crippen LogP contribution in [0.1, 0.15) is 83.1 Å². The molecule has 0 aliphatic carbocycles. The van der Waals surface area contributed by atoms with Gasteiger partial charge < -0.3 is 29.6 Å². The topological polar surface area (TPSA) is 242 Å². The molecule has 5 aromatic carbocycles. The Morgan fingerprint density at radius 3 is 1.21 bits per heavy atom. The van der Waals surface area contributed by atoms with Crippen LogP contribution in [0.25, 0.3) is 0 Å². The molecule has 0 aliphatic rings. The van der Waals surface area contributed by atoms with Crippen LogP contribution in [-0.4, -0.2) is 63.4 Å². The van der Waals surface area contributed by atoms with Crippen LogP contribution >= 0.6 is 0 Å². The number of hydrogen-bond donors (Lipinski definition) is 1. The fourth-order valence-electron chi connectivity index (χ4n) is 9.16. The molecule has 0 heterocycles. The fourth-order valence-corrected chi connectivity index (χ4v) is 9.16. The molecule has 75 heavy (non-hydrogen) atoms. The molecular formula is C56H71N11O8. The van der Waals surface area contributed by atoms with E-state index in [1.165, 1.54) is 45.6 Å². The smallest absolute Gasteiger partial charge is 0.314 e. The van der Waals surface area contributed by atoms with E-state index in [1.54, 1.807) is 60.7 Å². The van der Waals surface area contributed by atoms with Crippen molar-refractivity contribution >= 4 is 68.8 Å². The quantitative estimate of drug-likeness (QED) is 0.0297. The van der Waals surface area contributed by atoms with Gasteiger partial charge in [-0.1, -0.05) is 48.5 Å². The van der Waals surface area contributed by atoms with Gasteiger partial charge in [0.2, 0.25) is 0 Å². The number of esters is 2. The highest BCUT2D eigenvalue weighted by molar-refractivity contribution is 5.82. The highest BCUT2D eigenvalue weighted by Crippen LogP contribution is 2.66. The van der Waals surface area contributed by atoms with Crippen molar-refractivity contribution in [3.63, 3.8) is 0 Å². The fraction of sp³-hybridized carbons (Fsp3) is 0.429. The van der Waals surface area contributed by atoms with E-state index in [4.69, 9.17) is 24.7 Å². The average Bonchev–Trinajstić information content (AvgIpc) is 3.38. The summed E-state index contributed by atoms with van der Waals surface area (Å²) in [5.41, 5.74) is 6.51. The van der Waals surface area contributed by atoms with E-state index < -0.39 is 43.5 Å². The van der Waals surface area contributed by atoms with Gasteiger partial charge in [0.1, 0.15) is 29.5 Å². The van der Waals surface area contributed by atoms with Crippen LogP contribution in [-0.2, 0) is 19.1 Å². The second-order valence-electron chi connectivity index (χ2n) is 21.0. The number of likely N-dealkylation sites (N-methyl/N-ethyl adjacent to an activating group) is 1. The third kappa shape index (κ3) is 12.6. The molecule has 0 bridgehead atoms. The maximum Gasteiger partial charge on any atom is 0.314 e. The second-order valence-corrected chi connectivity index (χ2v) is 21.0. The number of hydrogen-bond acceptors (Lipinski definition) is 18. The normalized spacial score (nSPS) is 14.2. The summed E-state index contributed by atoms with van der Waals surface area (Å²) in [5, 5.41) is 45.5. The minimum absolute atomic E-state index is 0.0186. The molecule has 5 aromatic rings. The number of carbonyl (C=O) groups excluding carboxylic acids is 2. The predicted molar refractivity (Wildman–Crippen MR) is 291 cm³/mol. The van der Waals surface area contributed by atoms with Crippen LogP contribution in [0.15, 0.2) is 150 Å². The molecule has 0 fully saturated rings. The molecule has 2 N–H and O–H groups in total. The summed E-state index contributed by atoms with van der Waals surface area (Å²) < 4.78 is 22.8. The lowest BCUT2D eigenvalue weighted by Gasteiger charge is -2.63.